The van der Waals surface area contributed by atoms with E-state index in [9.17, 15) is 9.18 Å². The molecule has 0 unspecified atom stereocenters. The van der Waals surface area contributed by atoms with Gasteiger partial charge in [0.15, 0.2) is 0 Å². The van der Waals surface area contributed by atoms with Gasteiger partial charge in [0.25, 0.3) is 0 Å². The lowest BCUT2D eigenvalue weighted by atomic mass is 9.77. The maximum absolute atomic E-state index is 13.1. The van der Waals surface area contributed by atoms with Gasteiger partial charge >= 0.3 is 0 Å². The summed E-state index contributed by atoms with van der Waals surface area (Å²) in [5.41, 5.74) is 1.16. The van der Waals surface area contributed by atoms with Gasteiger partial charge in [0.2, 0.25) is 5.91 Å². The van der Waals surface area contributed by atoms with Crippen molar-refractivity contribution in [2.24, 2.45) is 5.92 Å². The van der Waals surface area contributed by atoms with Gasteiger partial charge in [-0.15, -0.1) is 0 Å². The van der Waals surface area contributed by atoms with Crippen molar-refractivity contribution in [3.8, 4) is 0 Å². The Hall–Kier alpha value is -1.42. The lowest BCUT2D eigenvalue weighted by molar-refractivity contribution is -0.127. The van der Waals surface area contributed by atoms with Crippen molar-refractivity contribution in [3.05, 3.63) is 35.6 Å². The van der Waals surface area contributed by atoms with E-state index in [2.05, 4.69) is 5.32 Å². The average Bonchev–Trinajstić information content (AvgIpc) is 2.82. The molecule has 1 aromatic rings. The van der Waals surface area contributed by atoms with Gasteiger partial charge in [0, 0.05) is 32.1 Å². The SMILES string of the molecule is O=C1CCCN1CCN[C@H](c1ccc(F)cc1)C1CCC1. The Labute approximate surface area is 125 Å². The Morgan fingerprint density at radius 1 is 1.24 bits per heavy atom. The monoisotopic (exact) mass is 290 g/mol. The summed E-state index contributed by atoms with van der Waals surface area (Å²) in [6.45, 7) is 2.48. The van der Waals surface area contributed by atoms with E-state index in [1.165, 1.54) is 31.4 Å². The number of hydrogen-bond donors (Lipinski definition) is 1. The summed E-state index contributed by atoms with van der Waals surface area (Å²) in [4.78, 5) is 13.6. The lowest BCUT2D eigenvalue weighted by Crippen LogP contribution is -2.38. The number of carbonyl (C=O) groups is 1. The molecular weight excluding hydrogens is 267 g/mol. The van der Waals surface area contributed by atoms with Crippen LogP contribution < -0.4 is 5.32 Å². The number of carbonyl (C=O) groups excluding carboxylic acids is 1. The molecule has 1 aromatic carbocycles. The molecule has 1 aliphatic carbocycles. The molecule has 0 radical (unpaired) electrons. The molecule has 0 aromatic heterocycles. The van der Waals surface area contributed by atoms with Gasteiger partial charge in [-0.1, -0.05) is 18.6 Å². The van der Waals surface area contributed by atoms with Gasteiger partial charge in [-0.3, -0.25) is 4.79 Å². The summed E-state index contributed by atoms with van der Waals surface area (Å²) in [6, 6.07) is 7.12. The Morgan fingerprint density at radius 2 is 2.00 bits per heavy atom. The number of amides is 1. The molecule has 1 amide bonds. The molecule has 2 aliphatic rings. The second kappa shape index (κ2) is 6.56. The second-order valence-corrected chi connectivity index (χ2v) is 6.16. The van der Waals surface area contributed by atoms with Crippen molar-refractivity contribution >= 4 is 5.91 Å². The molecule has 1 heterocycles. The number of nitrogens with zero attached hydrogens (tertiary/aromatic N) is 1. The van der Waals surface area contributed by atoms with Crippen LogP contribution in [0.15, 0.2) is 24.3 Å². The first-order chi connectivity index (χ1) is 10.2. The van der Waals surface area contributed by atoms with Crippen LogP contribution in [0, 0.1) is 11.7 Å². The van der Waals surface area contributed by atoms with Crippen LogP contribution in [0.3, 0.4) is 0 Å². The fourth-order valence-corrected chi connectivity index (χ4v) is 3.30. The summed E-state index contributed by atoms with van der Waals surface area (Å²) in [5, 5.41) is 3.59. The van der Waals surface area contributed by atoms with E-state index in [0.717, 1.165) is 31.6 Å². The minimum absolute atomic E-state index is 0.186. The Morgan fingerprint density at radius 3 is 2.57 bits per heavy atom. The normalized spacial score (nSPS) is 20.6. The minimum Gasteiger partial charge on any atom is -0.341 e. The van der Waals surface area contributed by atoms with Crippen molar-refractivity contribution in [2.75, 3.05) is 19.6 Å². The number of hydrogen-bond acceptors (Lipinski definition) is 2. The Kier molecular flexibility index (Phi) is 4.54. The summed E-state index contributed by atoms with van der Waals surface area (Å²) in [6.07, 6.45) is 5.44. The number of halogens is 1. The van der Waals surface area contributed by atoms with E-state index in [1.54, 1.807) is 0 Å². The number of nitrogens with one attached hydrogen (secondary N) is 1. The predicted octanol–water partition coefficient (Wildman–Crippen LogP) is 2.88. The van der Waals surface area contributed by atoms with Crippen molar-refractivity contribution < 1.29 is 9.18 Å². The van der Waals surface area contributed by atoms with Gasteiger partial charge in [0.1, 0.15) is 5.82 Å². The fraction of sp³-hybridized carbons (Fsp3) is 0.588. The summed E-state index contributed by atoms with van der Waals surface area (Å²) < 4.78 is 13.1. The van der Waals surface area contributed by atoms with Crippen LogP contribution in [0.5, 0.6) is 0 Å². The lowest BCUT2D eigenvalue weighted by Gasteiger charge is -2.35. The first-order valence-corrected chi connectivity index (χ1v) is 8.00. The highest BCUT2D eigenvalue weighted by Crippen LogP contribution is 2.37. The van der Waals surface area contributed by atoms with Crippen LogP contribution in [0.25, 0.3) is 0 Å². The summed E-state index contributed by atoms with van der Waals surface area (Å²) in [5.74, 6) is 0.734. The number of likely N-dealkylation sites (tertiary alicyclic amines) is 1. The molecule has 4 heteroatoms. The van der Waals surface area contributed by atoms with E-state index in [4.69, 9.17) is 0 Å². The van der Waals surface area contributed by atoms with Crippen molar-refractivity contribution in [1.82, 2.24) is 10.2 Å². The van der Waals surface area contributed by atoms with Gasteiger partial charge in [0.05, 0.1) is 0 Å². The third-order valence-corrected chi connectivity index (χ3v) is 4.77. The zero-order valence-corrected chi connectivity index (χ0v) is 12.4. The number of benzene rings is 1. The molecule has 2 fully saturated rings. The highest BCUT2D eigenvalue weighted by molar-refractivity contribution is 5.78. The van der Waals surface area contributed by atoms with Gasteiger partial charge < -0.3 is 10.2 Å². The van der Waals surface area contributed by atoms with Crippen LogP contribution in [-0.2, 0) is 4.79 Å². The van der Waals surface area contributed by atoms with E-state index in [0.29, 0.717) is 12.3 Å². The molecule has 1 aliphatic heterocycles. The second-order valence-electron chi connectivity index (χ2n) is 6.16. The van der Waals surface area contributed by atoms with Crippen molar-refractivity contribution in [3.63, 3.8) is 0 Å². The molecule has 3 rings (SSSR count). The predicted molar refractivity (Wildman–Crippen MR) is 80.3 cm³/mol. The zero-order chi connectivity index (χ0) is 14.7. The Bertz CT molecular complexity index is 484. The van der Waals surface area contributed by atoms with Crippen molar-refractivity contribution in [2.45, 2.75) is 38.1 Å². The molecule has 1 saturated heterocycles. The average molecular weight is 290 g/mol. The largest absolute Gasteiger partial charge is 0.341 e. The van der Waals surface area contributed by atoms with Crippen LogP contribution in [-0.4, -0.2) is 30.4 Å². The van der Waals surface area contributed by atoms with E-state index >= 15 is 0 Å². The van der Waals surface area contributed by atoms with Crippen molar-refractivity contribution in [1.29, 1.82) is 0 Å². The highest BCUT2D eigenvalue weighted by Gasteiger charge is 2.28. The Balaban J connectivity index is 1.57. The molecule has 21 heavy (non-hydrogen) atoms. The molecule has 1 N–H and O–H groups in total. The smallest absolute Gasteiger partial charge is 0.222 e. The van der Waals surface area contributed by atoms with Gasteiger partial charge in [-0.25, -0.2) is 4.39 Å². The number of rotatable bonds is 6. The molecule has 0 bridgehead atoms. The third-order valence-electron chi connectivity index (χ3n) is 4.77. The summed E-state index contributed by atoms with van der Waals surface area (Å²) in [7, 11) is 0. The molecule has 1 atom stereocenters. The fourth-order valence-electron chi connectivity index (χ4n) is 3.30. The summed E-state index contributed by atoms with van der Waals surface area (Å²) >= 11 is 0. The highest BCUT2D eigenvalue weighted by atomic mass is 19.1. The van der Waals surface area contributed by atoms with Gasteiger partial charge in [-0.2, -0.15) is 0 Å². The van der Waals surface area contributed by atoms with Crippen LogP contribution >= 0.6 is 0 Å². The molecule has 0 spiro atoms. The first kappa shape index (κ1) is 14.5. The maximum atomic E-state index is 13.1. The maximum Gasteiger partial charge on any atom is 0.222 e. The molecule has 1 saturated carbocycles. The topological polar surface area (TPSA) is 32.3 Å². The van der Waals surface area contributed by atoms with E-state index in [-0.39, 0.29) is 17.8 Å². The zero-order valence-electron chi connectivity index (χ0n) is 12.4. The van der Waals surface area contributed by atoms with E-state index < -0.39 is 0 Å². The van der Waals surface area contributed by atoms with Gasteiger partial charge in [-0.05, 0) is 42.9 Å². The van der Waals surface area contributed by atoms with Crippen LogP contribution in [0.1, 0.15) is 43.7 Å². The quantitative estimate of drug-likeness (QED) is 0.873. The minimum atomic E-state index is -0.186. The first-order valence-electron chi connectivity index (χ1n) is 8.00. The standard InChI is InChI=1S/C17H23FN2O/c18-15-8-6-14(7-9-15)17(13-3-1-4-13)19-10-12-20-11-2-5-16(20)21/h6-9,13,17,19H,1-5,10-12H2/t17-/m0/s1. The van der Waals surface area contributed by atoms with Crippen LogP contribution in [0.4, 0.5) is 4.39 Å². The molecular formula is C17H23FN2O. The van der Waals surface area contributed by atoms with E-state index in [1.807, 2.05) is 17.0 Å². The molecule has 3 nitrogen and oxygen atoms in total. The van der Waals surface area contributed by atoms with Crippen LogP contribution in [0.2, 0.25) is 0 Å². The third kappa shape index (κ3) is 3.43. The molecule has 114 valence electrons.